The molecule has 0 saturated carbocycles. The van der Waals surface area contributed by atoms with E-state index in [0.717, 1.165) is 0 Å². The highest BCUT2D eigenvalue weighted by Gasteiger charge is 2.19. The molecule has 0 saturated heterocycles. The van der Waals surface area contributed by atoms with E-state index in [-0.39, 0.29) is 16.2 Å². The molecule has 8 nitrogen and oxygen atoms in total. The molecule has 0 bridgehead atoms. The molecule has 0 radical (unpaired) electrons. The smallest absolute Gasteiger partial charge is 0.323 e. The largest absolute Gasteiger partial charge is 0.508 e. The average molecular weight is 411 g/mol. The zero-order chi connectivity index (χ0) is 20.9. The minimum absolute atomic E-state index is 0.0382. The molecule has 0 unspecified atom stereocenters. The lowest BCUT2D eigenvalue weighted by atomic mass is 10.2. The van der Waals surface area contributed by atoms with Gasteiger partial charge in [0.2, 0.25) is 0 Å². The van der Waals surface area contributed by atoms with Crippen LogP contribution in [0.2, 0.25) is 0 Å². The van der Waals surface area contributed by atoms with Gasteiger partial charge in [-0.15, -0.1) is 0 Å². The van der Waals surface area contributed by atoms with Gasteiger partial charge < -0.3 is 15.7 Å². The van der Waals surface area contributed by atoms with E-state index >= 15 is 0 Å². The summed E-state index contributed by atoms with van der Waals surface area (Å²) >= 11 is 0. The highest BCUT2D eigenvalue weighted by Crippen LogP contribution is 2.16. The summed E-state index contributed by atoms with van der Waals surface area (Å²) in [5, 5.41) is 14.5. The minimum Gasteiger partial charge on any atom is -0.508 e. The first-order valence-electron chi connectivity index (χ1n) is 8.43. The van der Waals surface area contributed by atoms with Crippen molar-refractivity contribution in [3.63, 3.8) is 0 Å². The van der Waals surface area contributed by atoms with Gasteiger partial charge in [-0.2, -0.15) is 0 Å². The van der Waals surface area contributed by atoms with Gasteiger partial charge in [0.05, 0.1) is 4.90 Å². The molecule has 0 aliphatic carbocycles. The van der Waals surface area contributed by atoms with Crippen LogP contribution in [0.3, 0.4) is 0 Å². The van der Waals surface area contributed by atoms with Gasteiger partial charge in [0.1, 0.15) is 5.75 Å². The van der Waals surface area contributed by atoms with Crippen LogP contribution in [0.15, 0.2) is 83.8 Å². The van der Waals surface area contributed by atoms with E-state index in [1.165, 1.54) is 48.5 Å². The molecule has 0 aromatic heterocycles. The lowest BCUT2D eigenvalue weighted by molar-refractivity contribution is 0.0981. The number of benzene rings is 3. The Morgan fingerprint density at radius 1 is 0.724 bits per heavy atom. The second kappa shape index (κ2) is 8.44. The SMILES string of the molecule is O=C(Nc1ccccc1)Nc1ccc(S(=O)(=O)NC(=O)c2ccc(O)cc2)cc1. The Kier molecular flexibility index (Phi) is 5.79. The highest BCUT2D eigenvalue weighted by molar-refractivity contribution is 7.90. The van der Waals surface area contributed by atoms with Crippen LogP contribution in [0.4, 0.5) is 16.2 Å². The van der Waals surface area contributed by atoms with E-state index in [1.807, 2.05) is 10.8 Å². The lowest BCUT2D eigenvalue weighted by Gasteiger charge is -2.10. The molecule has 0 aliphatic heterocycles. The summed E-state index contributed by atoms with van der Waals surface area (Å²) in [5.74, 6) is -0.863. The standard InChI is InChI=1S/C20H17N3O5S/c24-17-10-6-14(7-11-17)19(25)23-29(27,28)18-12-8-16(9-13-18)22-20(26)21-15-4-2-1-3-5-15/h1-13,24H,(H,23,25)(H2,21,22,26). The monoisotopic (exact) mass is 411 g/mol. The van der Waals surface area contributed by atoms with Crippen LogP contribution < -0.4 is 15.4 Å². The molecule has 3 aromatic carbocycles. The molecule has 0 aliphatic rings. The Morgan fingerprint density at radius 2 is 1.28 bits per heavy atom. The maximum Gasteiger partial charge on any atom is 0.323 e. The number of urea groups is 1. The van der Waals surface area contributed by atoms with Crippen molar-refractivity contribution >= 4 is 33.3 Å². The number of anilines is 2. The van der Waals surface area contributed by atoms with Crippen LogP contribution in [0, 0.1) is 0 Å². The fraction of sp³-hybridized carbons (Fsp3) is 0. The Morgan fingerprint density at radius 3 is 1.86 bits per heavy atom. The van der Waals surface area contributed by atoms with Crippen LogP contribution in [-0.4, -0.2) is 25.5 Å². The molecule has 0 fully saturated rings. The third kappa shape index (κ3) is 5.33. The molecule has 9 heteroatoms. The van der Waals surface area contributed by atoms with E-state index in [2.05, 4.69) is 10.6 Å². The average Bonchev–Trinajstić information content (AvgIpc) is 2.69. The topological polar surface area (TPSA) is 125 Å². The van der Waals surface area contributed by atoms with Gasteiger partial charge in [-0.3, -0.25) is 4.79 Å². The van der Waals surface area contributed by atoms with Crippen LogP contribution in [-0.2, 0) is 10.0 Å². The third-order valence-electron chi connectivity index (χ3n) is 3.81. The van der Waals surface area contributed by atoms with Gasteiger partial charge in [0.25, 0.3) is 15.9 Å². The number of phenolic OH excluding ortho intramolecular Hbond substituents is 1. The van der Waals surface area contributed by atoms with Crippen LogP contribution in [0.1, 0.15) is 10.4 Å². The second-order valence-electron chi connectivity index (χ2n) is 5.95. The first-order chi connectivity index (χ1) is 13.8. The summed E-state index contributed by atoms with van der Waals surface area (Å²) < 4.78 is 26.7. The second-order valence-corrected chi connectivity index (χ2v) is 7.63. The van der Waals surface area contributed by atoms with Crippen molar-refractivity contribution in [1.29, 1.82) is 0 Å². The predicted molar refractivity (Wildman–Crippen MR) is 108 cm³/mol. The van der Waals surface area contributed by atoms with Crippen LogP contribution >= 0.6 is 0 Å². The minimum atomic E-state index is -4.10. The summed E-state index contributed by atoms with van der Waals surface area (Å²) in [5.41, 5.74) is 1.07. The first kappa shape index (κ1) is 19.9. The number of sulfonamides is 1. The number of para-hydroxylation sites is 1. The van der Waals surface area contributed by atoms with E-state index in [0.29, 0.717) is 11.4 Å². The predicted octanol–water partition coefficient (Wildman–Crippen LogP) is 3.15. The Bertz CT molecular complexity index is 1110. The zero-order valence-electron chi connectivity index (χ0n) is 15.0. The molecule has 148 valence electrons. The van der Waals surface area contributed by atoms with Gasteiger partial charge in [-0.05, 0) is 60.7 Å². The number of aromatic hydroxyl groups is 1. The zero-order valence-corrected chi connectivity index (χ0v) is 15.8. The van der Waals surface area contributed by atoms with Crippen molar-refractivity contribution in [3.8, 4) is 5.75 Å². The van der Waals surface area contributed by atoms with Gasteiger partial charge >= 0.3 is 6.03 Å². The van der Waals surface area contributed by atoms with Crippen molar-refractivity contribution in [2.45, 2.75) is 4.90 Å². The fourth-order valence-electron chi connectivity index (χ4n) is 2.39. The van der Waals surface area contributed by atoms with Gasteiger partial charge in [0.15, 0.2) is 0 Å². The lowest BCUT2D eigenvalue weighted by Crippen LogP contribution is -2.30. The summed E-state index contributed by atoms with van der Waals surface area (Å²) in [6, 6.07) is 18.9. The molecule has 0 atom stereocenters. The molecule has 0 spiro atoms. The van der Waals surface area contributed by atoms with Crippen molar-refractivity contribution in [2.75, 3.05) is 10.6 Å². The van der Waals surface area contributed by atoms with E-state index in [4.69, 9.17) is 0 Å². The Balaban J connectivity index is 1.64. The Hall–Kier alpha value is -3.85. The van der Waals surface area contributed by atoms with E-state index < -0.39 is 22.0 Å². The number of carbonyl (C=O) groups excluding carboxylic acids is 2. The number of nitrogens with one attached hydrogen (secondary N) is 3. The maximum absolute atomic E-state index is 12.4. The summed E-state index contributed by atoms with van der Waals surface area (Å²) in [6.45, 7) is 0. The Labute approximate surface area is 167 Å². The molecule has 4 N–H and O–H groups in total. The number of hydrogen-bond donors (Lipinski definition) is 4. The van der Waals surface area contributed by atoms with Gasteiger partial charge in [-0.1, -0.05) is 18.2 Å². The third-order valence-corrected chi connectivity index (χ3v) is 5.16. The number of hydrogen-bond acceptors (Lipinski definition) is 5. The van der Waals surface area contributed by atoms with Crippen molar-refractivity contribution in [1.82, 2.24) is 4.72 Å². The van der Waals surface area contributed by atoms with Crippen molar-refractivity contribution < 1.29 is 23.1 Å². The fourth-order valence-corrected chi connectivity index (χ4v) is 3.36. The van der Waals surface area contributed by atoms with Crippen molar-refractivity contribution in [3.05, 3.63) is 84.4 Å². The molecule has 3 aromatic rings. The normalized spacial score (nSPS) is 10.8. The van der Waals surface area contributed by atoms with E-state index in [9.17, 15) is 23.1 Å². The number of rotatable bonds is 5. The summed E-state index contributed by atoms with van der Waals surface area (Å²) in [4.78, 5) is 23.9. The molecule has 3 amide bonds. The van der Waals surface area contributed by atoms with Gasteiger partial charge in [-0.25, -0.2) is 17.9 Å². The molecular weight excluding hydrogens is 394 g/mol. The number of phenols is 1. The molecule has 29 heavy (non-hydrogen) atoms. The van der Waals surface area contributed by atoms with Crippen molar-refractivity contribution in [2.24, 2.45) is 0 Å². The van der Waals surface area contributed by atoms with E-state index in [1.54, 1.807) is 24.3 Å². The van der Waals surface area contributed by atoms with Gasteiger partial charge in [0, 0.05) is 16.9 Å². The molecular formula is C20H17N3O5S. The first-order valence-corrected chi connectivity index (χ1v) is 9.91. The van der Waals surface area contributed by atoms with Crippen LogP contribution in [0.5, 0.6) is 5.75 Å². The quantitative estimate of drug-likeness (QED) is 0.513. The highest BCUT2D eigenvalue weighted by atomic mass is 32.2. The van der Waals surface area contributed by atoms with Crippen LogP contribution in [0.25, 0.3) is 0 Å². The summed E-state index contributed by atoms with van der Waals surface area (Å²) in [7, 11) is -4.10. The maximum atomic E-state index is 12.4. The number of amides is 3. The number of carbonyl (C=O) groups is 2. The molecule has 3 rings (SSSR count). The molecule has 0 heterocycles. The summed E-state index contributed by atoms with van der Waals surface area (Å²) in [6.07, 6.45) is 0.